The molecule has 0 unspecified atom stereocenters. The molecule has 2 rings (SSSR count). The number of hydrogen-bond donors (Lipinski definition) is 1. The summed E-state index contributed by atoms with van der Waals surface area (Å²) in [7, 11) is 0. The number of nitrogen functional groups attached to an aromatic ring is 1. The van der Waals surface area contributed by atoms with Crippen molar-refractivity contribution in [2.45, 2.75) is 20.3 Å². The number of anilines is 2. The molecule has 1 aliphatic heterocycles. The van der Waals surface area contributed by atoms with Crippen molar-refractivity contribution in [1.82, 2.24) is 4.90 Å². The van der Waals surface area contributed by atoms with E-state index < -0.39 is 0 Å². The molecule has 0 atom stereocenters. The molecule has 0 bridgehead atoms. The summed E-state index contributed by atoms with van der Waals surface area (Å²) in [5, 5.41) is 0.789. The van der Waals surface area contributed by atoms with Crippen molar-refractivity contribution in [2.24, 2.45) is 0 Å². The molecular weight excluding hydrogens is 246 g/mol. The van der Waals surface area contributed by atoms with Gasteiger partial charge in [-0.1, -0.05) is 25.4 Å². The van der Waals surface area contributed by atoms with Crippen molar-refractivity contribution in [3.63, 3.8) is 0 Å². The molecular formula is C14H22ClN3. The van der Waals surface area contributed by atoms with Gasteiger partial charge in [-0.2, -0.15) is 0 Å². The van der Waals surface area contributed by atoms with Crippen molar-refractivity contribution in [2.75, 3.05) is 43.4 Å². The number of nitrogens with zero attached hydrogens (tertiary/aromatic N) is 2. The summed E-state index contributed by atoms with van der Waals surface area (Å²) in [4.78, 5) is 4.86. The van der Waals surface area contributed by atoms with Crippen LogP contribution in [-0.2, 0) is 6.42 Å². The molecule has 0 spiro atoms. The van der Waals surface area contributed by atoms with Gasteiger partial charge in [-0.3, -0.25) is 0 Å². The molecule has 1 saturated heterocycles. The van der Waals surface area contributed by atoms with Crippen LogP contribution < -0.4 is 10.6 Å². The van der Waals surface area contributed by atoms with Gasteiger partial charge in [-0.25, -0.2) is 0 Å². The van der Waals surface area contributed by atoms with Crippen LogP contribution in [0.25, 0.3) is 0 Å². The van der Waals surface area contributed by atoms with Crippen LogP contribution in [0.4, 0.5) is 11.4 Å². The van der Waals surface area contributed by atoms with E-state index in [0.29, 0.717) is 0 Å². The third-order valence-electron chi connectivity index (χ3n) is 3.68. The van der Waals surface area contributed by atoms with Crippen LogP contribution in [0.1, 0.15) is 19.4 Å². The highest BCUT2D eigenvalue weighted by atomic mass is 35.5. The van der Waals surface area contributed by atoms with Gasteiger partial charge in [-0.05, 0) is 30.7 Å². The second-order valence-corrected chi connectivity index (χ2v) is 5.19. The maximum atomic E-state index is 6.38. The van der Waals surface area contributed by atoms with Crippen LogP contribution in [0.5, 0.6) is 0 Å². The molecule has 0 radical (unpaired) electrons. The maximum absolute atomic E-state index is 6.38. The molecule has 2 N–H and O–H groups in total. The molecule has 0 aliphatic carbocycles. The van der Waals surface area contributed by atoms with Gasteiger partial charge in [0.05, 0.1) is 10.7 Å². The van der Waals surface area contributed by atoms with Gasteiger partial charge in [0.1, 0.15) is 0 Å². The standard InChI is InChI=1S/C14H22ClN3/c1-3-11-9-12(16)10-13(15)14(11)18-7-5-17(4-2)6-8-18/h9-10H,3-8,16H2,1-2H3. The normalized spacial score (nSPS) is 17.2. The first-order chi connectivity index (χ1) is 8.65. The summed E-state index contributed by atoms with van der Waals surface area (Å²) in [6, 6.07) is 3.91. The number of hydrogen-bond acceptors (Lipinski definition) is 3. The Morgan fingerprint density at radius 1 is 1.17 bits per heavy atom. The topological polar surface area (TPSA) is 32.5 Å². The van der Waals surface area contributed by atoms with Crippen molar-refractivity contribution < 1.29 is 0 Å². The number of aryl methyl sites for hydroxylation is 1. The molecule has 0 aromatic heterocycles. The second kappa shape index (κ2) is 5.81. The lowest BCUT2D eigenvalue weighted by Gasteiger charge is -2.37. The number of piperazine rings is 1. The van der Waals surface area contributed by atoms with E-state index in [4.69, 9.17) is 17.3 Å². The fourth-order valence-corrected chi connectivity index (χ4v) is 2.96. The SMILES string of the molecule is CCc1cc(N)cc(Cl)c1N1CCN(CC)CC1. The summed E-state index contributed by atoms with van der Waals surface area (Å²) >= 11 is 6.38. The van der Waals surface area contributed by atoms with Crippen molar-refractivity contribution in [3.8, 4) is 0 Å². The molecule has 18 heavy (non-hydrogen) atoms. The molecule has 1 aliphatic rings. The molecule has 1 fully saturated rings. The third kappa shape index (κ3) is 2.73. The lowest BCUT2D eigenvalue weighted by atomic mass is 10.1. The van der Waals surface area contributed by atoms with Crippen LogP contribution in [0.15, 0.2) is 12.1 Å². The Morgan fingerprint density at radius 3 is 2.39 bits per heavy atom. The first-order valence-corrected chi connectivity index (χ1v) is 7.08. The van der Waals surface area contributed by atoms with Crippen LogP contribution in [-0.4, -0.2) is 37.6 Å². The number of rotatable bonds is 3. The van der Waals surface area contributed by atoms with Gasteiger partial charge >= 0.3 is 0 Å². The van der Waals surface area contributed by atoms with Gasteiger partial charge < -0.3 is 15.5 Å². The Kier molecular flexibility index (Phi) is 4.36. The zero-order valence-electron chi connectivity index (χ0n) is 11.2. The summed E-state index contributed by atoms with van der Waals surface area (Å²) in [6.45, 7) is 9.81. The molecule has 1 heterocycles. The predicted molar refractivity (Wildman–Crippen MR) is 79.6 cm³/mol. The number of nitrogens with two attached hydrogens (primary N) is 1. The average Bonchev–Trinajstić information content (AvgIpc) is 2.38. The average molecular weight is 268 g/mol. The Bertz CT molecular complexity index is 412. The minimum absolute atomic E-state index is 0.757. The van der Waals surface area contributed by atoms with Crippen molar-refractivity contribution >= 4 is 23.0 Å². The van der Waals surface area contributed by atoms with E-state index in [1.54, 1.807) is 0 Å². The molecule has 100 valence electrons. The maximum Gasteiger partial charge on any atom is 0.0662 e. The highest BCUT2D eigenvalue weighted by Crippen LogP contribution is 2.33. The zero-order valence-corrected chi connectivity index (χ0v) is 12.0. The van der Waals surface area contributed by atoms with Crippen LogP contribution in [0.2, 0.25) is 5.02 Å². The fraction of sp³-hybridized carbons (Fsp3) is 0.571. The molecule has 0 amide bonds. The molecule has 4 heteroatoms. The van der Waals surface area contributed by atoms with E-state index in [1.807, 2.05) is 12.1 Å². The smallest absolute Gasteiger partial charge is 0.0662 e. The first-order valence-electron chi connectivity index (χ1n) is 6.70. The minimum atomic E-state index is 0.757. The number of halogens is 1. The van der Waals surface area contributed by atoms with Crippen LogP contribution in [0, 0.1) is 0 Å². The van der Waals surface area contributed by atoms with Gasteiger partial charge in [0.25, 0.3) is 0 Å². The summed E-state index contributed by atoms with van der Waals surface area (Å²) in [6.07, 6.45) is 0.966. The summed E-state index contributed by atoms with van der Waals surface area (Å²) in [5.74, 6) is 0. The van der Waals surface area contributed by atoms with E-state index in [9.17, 15) is 0 Å². The molecule has 3 nitrogen and oxygen atoms in total. The second-order valence-electron chi connectivity index (χ2n) is 4.79. The van der Waals surface area contributed by atoms with Crippen LogP contribution in [0.3, 0.4) is 0 Å². The molecule has 1 aromatic carbocycles. The van der Waals surface area contributed by atoms with E-state index in [-0.39, 0.29) is 0 Å². The van der Waals surface area contributed by atoms with E-state index in [1.165, 1.54) is 11.3 Å². The van der Waals surface area contributed by atoms with Crippen molar-refractivity contribution in [1.29, 1.82) is 0 Å². The van der Waals surface area contributed by atoms with E-state index in [2.05, 4.69) is 23.6 Å². The Morgan fingerprint density at radius 2 is 1.83 bits per heavy atom. The summed E-state index contributed by atoms with van der Waals surface area (Å²) < 4.78 is 0. The minimum Gasteiger partial charge on any atom is -0.399 e. The van der Waals surface area contributed by atoms with Crippen molar-refractivity contribution in [3.05, 3.63) is 22.7 Å². The fourth-order valence-electron chi connectivity index (χ4n) is 2.59. The monoisotopic (exact) mass is 267 g/mol. The first kappa shape index (κ1) is 13.5. The Balaban J connectivity index is 2.23. The van der Waals surface area contributed by atoms with Gasteiger partial charge in [0, 0.05) is 31.9 Å². The van der Waals surface area contributed by atoms with E-state index >= 15 is 0 Å². The van der Waals surface area contributed by atoms with Gasteiger partial charge in [-0.15, -0.1) is 0 Å². The lowest BCUT2D eigenvalue weighted by Crippen LogP contribution is -2.46. The highest BCUT2D eigenvalue weighted by Gasteiger charge is 2.20. The van der Waals surface area contributed by atoms with Crippen LogP contribution >= 0.6 is 11.6 Å². The number of benzene rings is 1. The number of likely N-dealkylation sites (N-methyl/N-ethyl adjacent to an activating group) is 1. The Labute approximate surface area is 115 Å². The Hall–Kier alpha value is -0.930. The zero-order chi connectivity index (χ0) is 13.1. The molecule has 0 saturated carbocycles. The van der Waals surface area contributed by atoms with Gasteiger partial charge in [0.15, 0.2) is 0 Å². The van der Waals surface area contributed by atoms with Gasteiger partial charge in [0.2, 0.25) is 0 Å². The predicted octanol–water partition coefficient (Wildman–Crippen LogP) is 2.63. The van der Waals surface area contributed by atoms with E-state index in [0.717, 1.165) is 49.9 Å². The lowest BCUT2D eigenvalue weighted by molar-refractivity contribution is 0.271. The highest BCUT2D eigenvalue weighted by molar-refractivity contribution is 6.33. The quantitative estimate of drug-likeness (QED) is 0.855. The third-order valence-corrected chi connectivity index (χ3v) is 3.97. The molecule has 1 aromatic rings. The largest absolute Gasteiger partial charge is 0.399 e. The summed E-state index contributed by atoms with van der Waals surface area (Å²) in [5.41, 5.74) is 9.06.